The molecule has 0 unspecified atom stereocenters. The highest BCUT2D eigenvalue weighted by molar-refractivity contribution is 4.93. The van der Waals surface area contributed by atoms with Crippen LogP contribution in [0, 0.1) is 0 Å². The van der Waals surface area contributed by atoms with Gasteiger partial charge in [0, 0.05) is 39.1 Å². The Hall–Kier alpha value is -0.980. The molecule has 2 heterocycles. The number of hydrogen-bond donors (Lipinski definition) is 1. The van der Waals surface area contributed by atoms with Crippen molar-refractivity contribution in [1.29, 1.82) is 0 Å². The molecular weight excluding hydrogens is 244 g/mol. The molecule has 1 aromatic heterocycles. The van der Waals surface area contributed by atoms with Crippen molar-refractivity contribution in [3.63, 3.8) is 0 Å². The van der Waals surface area contributed by atoms with Crippen LogP contribution >= 0.6 is 0 Å². The van der Waals surface area contributed by atoms with E-state index in [1.807, 2.05) is 0 Å². The van der Waals surface area contributed by atoms with Crippen LogP contribution in [-0.4, -0.2) is 64.4 Å². The summed E-state index contributed by atoms with van der Waals surface area (Å²) in [6.07, 6.45) is 1.91. The fourth-order valence-electron chi connectivity index (χ4n) is 2.43. The second kappa shape index (κ2) is 6.98. The van der Waals surface area contributed by atoms with Gasteiger partial charge in [0.2, 0.25) is 5.89 Å². The molecule has 0 radical (unpaired) electrons. The quantitative estimate of drug-likeness (QED) is 0.819. The second-order valence-corrected chi connectivity index (χ2v) is 5.08. The van der Waals surface area contributed by atoms with Crippen LogP contribution in [0.3, 0.4) is 0 Å². The van der Waals surface area contributed by atoms with Gasteiger partial charge in [-0.2, -0.15) is 4.98 Å². The molecule has 0 saturated carbocycles. The van der Waals surface area contributed by atoms with Gasteiger partial charge in [0.1, 0.15) is 0 Å². The molecule has 1 N–H and O–H groups in total. The summed E-state index contributed by atoms with van der Waals surface area (Å²) in [5, 5.41) is 12.9. The molecule has 19 heavy (non-hydrogen) atoms. The predicted molar refractivity (Wildman–Crippen MR) is 71.8 cm³/mol. The molecule has 1 aliphatic rings. The lowest BCUT2D eigenvalue weighted by Crippen LogP contribution is -2.47. The molecule has 0 amide bonds. The molecule has 0 aromatic carbocycles. The summed E-state index contributed by atoms with van der Waals surface area (Å²) in [7, 11) is 0. The van der Waals surface area contributed by atoms with Crippen molar-refractivity contribution in [3.05, 3.63) is 11.7 Å². The van der Waals surface area contributed by atoms with Gasteiger partial charge in [0.05, 0.1) is 12.6 Å². The van der Waals surface area contributed by atoms with E-state index < -0.39 is 0 Å². The average Bonchev–Trinajstić information content (AvgIpc) is 2.88. The molecule has 1 aromatic rings. The standard InChI is InChI=1S/C13H24N4O2/c1-3-4-12-14-13(19-15-12)11(2)17-7-5-16(6-8-17)9-10-18/h11,18H,3-10H2,1-2H3/t11-/m0/s1. The second-order valence-electron chi connectivity index (χ2n) is 5.08. The summed E-state index contributed by atoms with van der Waals surface area (Å²) in [5.41, 5.74) is 0. The van der Waals surface area contributed by atoms with Crippen LogP contribution < -0.4 is 0 Å². The SMILES string of the molecule is CCCc1noc([C@H](C)N2CCN(CCO)CC2)n1. The first-order valence-corrected chi connectivity index (χ1v) is 7.14. The van der Waals surface area contributed by atoms with Gasteiger partial charge >= 0.3 is 0 Å². The minimum atomic E-state index is 0.175. The summed E-state index contributed by atoms with van der Waals surface area (Å²) in [6, 6.07) is 0.175. The lowest BCUT2D eigenvalue weighted by Gasteiger charge is -2.36. The zero-order valence-electron chi connectivity index (χ0n) is 11.9. The van der Waals surface area contributed by atoms with Crippen LogP contribution in [0.2, 0.25) is 0 Å². The number of nitrogens with zero attached hydrogens (tertiary/aromatic N) is 4. The third-order valence-electron chi connectivity index (χ3n) is 3.69. The van der Waals surface area contributed by atoms with Gasteiger partial charge in [0.25, 0.3) is 0 Å². The molecule has 1 saturated heterocycles. The normalized spacial score (nSPS) is 19.7. The van der Waals surface area contributed by atoms with Crippen LogP contribution in [0.4, 0.5) is 0 Å². The molecule has 2 rings (SSSR count). The van der Waals surface area contributed by atoms with Crippen LogP contribution in [-0.2, 0) is 6.42 Å². The maximum absolute atomic E-state index is 8.94. The van der Waals surface area contributed by atoms with Crippen LogP contribution in [0.1, 0.15) is 38.0 Å². The number of aliphatic hydroxyl groups is 1. The highest BCUT2D eigenvalue weighted by Crippen LogP contribution is 2.20. The first-order chi connectivity index (χ1) is 9.24. The fourth-order valence-corrected chi connectivity index (χ4v) is 2.43. The Bertz CT molecular complexity index is 374. The Morgan fingerprint density at radius 3 is 2.68 bits per heavy atom. The number of piperazine rings is 1. The third-order valence-corrected chi connectivity index (χ3v) is 3.69. The average molecular weight is 268 g/mol. The maximum atomic E-state index is 8.94. The summed E-state index contributed by atoms with van der Waals surface area (Å²) in [6.45, 7) is 9.16. The minimum Gasteiger partial charge on any atom is -0.395 e. The number of aliphatic hydroxyl groups excluding tert-OH is 1. The lowest BCUT2D eigenvalue weighted by atomic mass is 10.2. The zero-order valence-corrected chi connectivity index (χ0v) is 11.9. The van der Waals surface area contributed by atoms with Gasteiger partial charge in [-0.3, -0.25) is 9.80 Å². The number of hydrogen-bond acceptors (Lipinski definition) is 6. The van der Waals surface area contributed by atoms with E-state index in [0.717, 1.165) is 57.3 Å². The van der Waals surface area contributed by atoms with E-state index in [9.17, 15) is 0 Å². The Balaban J connectivity index is 1.87. The first-order valence-electron chi connectivity index (χ1n) is 7.14. The molecule has 1 atom stereocenters. The van der Waals surface area contributed by atoms with Crippen molar-refractivity contribution < 1.29 is 9.63 Å². The molecule has 6 nitrogen and oxygen atoms in total. The van der Waals surface area contributed by atoms with E-state index in [1.54, 1.807) is 0 Å². The number of β-amino-alcohol motifs (C(OH)–C–C–N with tert-alkyl or cyclic N) is 1. The summed E-state index contributed by atoms with van der Waals surface area (Å²) < 4.78 is 5.35. The number of rotatable bonds is 6. The van der Waals surface area contributed by atoms with Gasteiger partial charge in [-0.05, 0) is 13.3 Å². The zero-order chi connectivity index (χ0) is 13.7. The van der Waals surface area contributed by atoms with Gasteiger partial charge in [0.15, 0.2) is 5.82 Å². The number of aryl methyl sites for hydroxylation is 1. The van der Waals surface area contributed by atoms with Crippen molar-refractivity contribution in [2.45, 2.75) is 32.7 Å². The van der Waals surface area contributed by atoms with Gasteiger partial charge in [-0.15, -0.1) is 0 Å². The Labute approximate surface area is 114 Å². The highest BCUT2D eigenvalue weighted by Gasteiger charge is 2.25. The molecule has 6 heteroatoms. The fraction of sp³-hybridized carbons (Fsp3) is 0.846. The molecular formula is C13H24N4O2. The minimum absolute atomic E-state index is 0.175. The summed E-state index contributed by atoms with van der Waals surface area (Å²) in [5.74, 6) is 1.53. The summed E-state index contributed by atoms with van der Waals surface area (Å²) >= 11 is 0. The van der Waals surface area contributed by atoms with Crippen molar-refractivity contribution in [2.75, 3.05) is 39.3 Å². The van der Waals surface area contributed by atoms with E-state index >= 15 is 0 Å². The molecule has 1 fully saturated rings. The number of aromatic nitrogens is 2. The summed E-state index contributed by atoms with van der Waals surface area (Å²) in [4.78, 5) is 9.09. The first kappa shape index (κ1) is 14.4. The largest absolute Gasteiger partial charge is 0.395 e. The molecule has 0 aliphatic carbocycles. The molecule has 0 bridgehead atoms. The van der Waals surface area contributed by atoms with Crippen molar-refractivity contribution >= 4 is 0 Å². The van der Waals surface area contributed by atoms with E-state index in [-0.39, 0.29) is 12.6 Å². The van der Waals surface area contributed by atoms with Crippen LogP contribution in [0.5, 0.6) is 0 Å². The monoisotopic (exact) mass is 268 g/mol. The van der Waals surface area contributed by atoms with Gasteiger partial charge < -0.3 is 9.63 Å². The Morgan fingerprint density at radius 2 is 2.05 bits per heavy atom. The van der Waals surface area contributed by atoms with E-state index in [1.165, 1.54) is 0 Å². The smallest absolute Gasteiger partial charge is 0.243 e. The topological polar surface area (TPSA) is 65.6 Å². The van der Waals surface area contributed by atoms with E-state index in [2.05, 4.69) is 33.8 Å². The van der Waals surface area contributed by atoms with Crippen molar-refractivity contribution in [2.24, 2.45) is 0 Å². The van der Waals surface area contributed by atoms with Gasteiger partial charge in [-0.1, -0.05) is 12.1 Å². The Kier molecular flexibility index (Phi) is 5.30. The van der Waals surface area contributed by atoms with Crippen LogP contribution in [0.25, 0.3) is 0 Å². The molecule has 108 valence electrons. The maximum Gasteiger partial charge on any atom is 0.243 e. The third kappa shape index (κ3) is 3.75. The highest BCUT2D eigenvalue weighted by atomic mass is 16.5. The van der Waals surface area contributed by atoms with E-state index in [4.69, 9.17) is 9.63 Å². The Morgan fingerprint density at radius 1 is 1.32 bits per heavy atom. The van der Waals surface area contributed by atoms with Crippen molar-refractivity contribution in [3.8, 4) is 0 Å². The van der Waals surface area contributed by atoms with E-state index in [0.29, 0.717) is 0 Å². The van der Waals surface area contributed by atoms with Crippen molar-refractivity contribution in [1.82, 2.24) is 19.9 Å². The predicted octanol–water partition coefficient (Wildman–Crippen LogP) is 0.693. The molecule has 1 aliphatic heterocycles. The molecule has 0 spiro atoms. The van der Waals surface area contributed by atoms with Gasteiger partial charge in [-0.25, -0.2) is 0 Å². The van der Waals surface area contributed by atoms with Crippen LogP contribution in [0.15, 0.2) is 4.52 Å². The lowest BCUT2D eigenvalue weighted by molar-refractivity contribution is 0.0776.